The van der Waals surface area contributed by atoms with E-state index in [-0.39, 0.29) is 12.5 Å². The Balaban J connectivity index is 1.71. The molecule has 4 heteroatoms. The zero-order chi connectivity index (χ0) is 15.0. The summed E-state index contributed by atoms with van der Waals surface area (Å²) in [5, 5.41) is 3.30. The maximum Gasteiger partial charge on any atom is 0.389 e. The van der Waals surface area contributed by atoms with E-state index in [1.54, 1.807) is 0 Å². The van der Waals surface area contributed by atoms with E-state index in [1.165, 1.54) is 11.1 Å². The van der Waals surface area contributed by atoms with Crippen molar-refractivity contribution in [3.63, 3.8) is 0 Å². The van der Waals surface area contributed by atoms with Crippen molar-refractivity contribution < 1.29 is 13.2 Å². The summed E-state index contributed by atoms with van der Waals surface area (Å²) in [5.41, 5.74) is 2.78. The fourth-order valence-corrected chi connectivity index (χ4v) is 4.18. The molecule has 0 spiro atoms. The topological polar surface area (TPSA) is 12.0 Å². The summed E-state index contributed by atoms with van der Waals surface area (Å²) in [6, 6.07) is 8.44. The Morgan fingerprint density at radius 2 is 2.05 bits per heavy atom. The van der Waals surface area contributed by atoms with Gasteiger partial charge >= 0.3 is 6.18 Å². The number of fused-ring (bicyclic) bond motifs is 3. The van der Waals surface area contributed by atoms with Gasteiger partial charge in [0.2, 0.25) is 0 Å². The van der Waals surface area contributed by atoms with Gasteiger partial charge in [-0.3, -0.25) is 0 Å². The lowest BCUT2D eigenvalue weighted by atomic mass is 9.92. The Morgan fingerprint density at radius 3 is 2.76 bits per heavy atom. The Labute approximate surface area is 123 Å². The van der Waals surface area contributed by atoms with E-state index < -0.39 is 12.6 Å². The molecule has 2 aliphatic rings. The molecule has 0 aliphatic heterocycles. The van der Waals surface area contributed by atoms with E-state index in [9.17, 15) is 13.2 Å². The first kappa shape index (κ1) is 14.9. The van der Waals surface area contributed by atoms with Crippen LogP contribution in [-0.2, 0) is 6.42 Å². The molecule has 4 atom stereocenters. The Bertz CT molecular complexity index is 497. The maximum absolute atomic E-state index is 12.5. The highest BCUT2D eigenvalue weighted by Gasteiger charge is 2.56. The average Bonchev–Trinajstić information content (AvgIpc) is 3.17. The molecule has 1 fully saturated rings. The van der Waals surface area contributed by atoms with Gasteiger partial charge in [0.1, 0.15) is 0 Å². The smallest absolute Gasteiger partial charge is 0.314 e. The number of rotatable bonds is 5. The number of hydrogen-bond donors (Lipinski definition) is 1. The number of nitrogens with one attached hydrogen (secondary N) is 1. The monoisotopic (exact) mass is 297 g/mol. The molecule has 0 amide bonds. The molecule has 3 rings (SSSR count). The highest BCUT2D eigenvalue weighted by molar-refractivity contribution is 5.40. The summed E-state index contributed by atoms with van der Waals surface area (Å²) in [7, 11) is 0. The van der Waals surface area contributed by atoms with E-state index >= 15 is 0 Å². The molecule has 1 saturated carbocycles. The van der Waals surface area contributed by atoms with Crippen LogP contribution in [0.2, 0.25) is 0 Å². The molecular formula is C17H22F3N. The summed E-state index contributed by atoms with van der Waals surface area (Å²) in [5.74, 6) is 1.44. The lowest BCUT2D eigenvalue weighted by molar-refractivity contribution is -0.136. The standard InChI is InChI=1S/C17H22F3N/c1-2-21-14(9-10-17(18,19)20)16-13-8-7-11-5-3-4-6-12(11)15(13)16/h3-6,13-16,21H,2,7-10H2,1H3. The minimum Gasteiger partial charge on any atom is -0.314 e. The average molecular weight is 297 g/mol. The highest BCUT2D eigenvalue weighted by atomic mass is 19.4. The van der Waals surface area contributed by atoms with Crippen LogP contribution < -0.4 is 5.32 Å². The van der Waals surface area contributed by atoms with Crippen LogP contribution in [0.5, 0.6) is 0 Å². The van der Waals surface area contributed by atoms with Gasteiger partial charge in [0.05, 0.1) is 0 Å². The molecule has 1 N–H and O–H groups in total. The number of benzene rings is 1. The number of halogens is 3. The van der Waals surface area contributed by atoms with Crippen LogP contribution in [0.4, 0.5) is 13.2 Å². The quantitative estimate of drug-likeness (QED) is 0.855. The van der Waals surface area contributed by atoms with Gasteiger partial charge in [-0.15, -0.1) is 0 Å². The van der Waals surface area contributed by atoms with Crippen LogP contribution in [-0.4, -0.2) is 18.8 Å². The minimum absolute atomic E-state index is 0.00205. The predicted octanol–water partition coefficient (Wildman–Crippen LogP) is 4.28. The van der Waals surface area contributed by atoms with Crippen molar-refractivity contribution in [1.29, 1.82) is 0 Å². The second-order valence-electron chi connectivity index (χ2n) is 6.32. The van der Waals surface area contributed by atoms with Crippen LogP contribution in [0.25, 0.3) is 0 Å². The van der Waals surface area contributed by atoms with Crippen molar-refractivity contribution in [2.75, 3.05) is 6.54 Å². The van der Waals surface area contributed by atoms with Gasteiger partial charge in [-0.1, -0.05) is 31.2 Å². The first-order valence-corrected chi connectivity index (χ1v) is 7.89. The molecule has 21 heavy (non-hydrogen) atoms. The molecule has 116 valence electrons. The SMILES string of the molecule is CCNC(CCC(F)(F)F)C1C2CCc3ccccc3C21. The van der Waals surface area contributed by atoms with Crippen molar-refractivity contribution >= 4 is 0 Å². The molecule has 0 bridgehead atoms. The number of alkyl halides is 3. The third-order valence-corrected chi connectivity index (χ3v) is 5.06. The van der Waals surface area contributed by atoms with Gasteiger partial charge in [-0.25, -0.2) is 0 Å². The van der Waals surface area contributed by atoms with Gasteiger partial charge in [0.25, 0.3) is 0 Å². The van der Waals surface area contributed by atoms with Crippen LogP contribution in [0.15, 0.2) is 24.3 Å². The van der Waals surface area contributed by atoms with E-state index in [0.29, 0.717) is 17.8 Å². The minimum atomic E-state index is -4.05. The molecule has 1 aromatic carbocycles. The van der Waals surface area contributed by atoms with Gasteiger partial charge in [-0.2, -0.15) is 13.2 Å². The zero-order valence-corrected chi connectivity index (χ0v) is 12.3. The molecule has 0 aromatic heterocycles. The summed E-state index contributed by atoms with van der Waals surface area (Å²) in [6.07, 6.45) is -2.32. The Hall–Kier alpha value is -1.03. The summed E-state index contributed by atoms with van der Waals surface area (Å²) in [6.45, 7) is 2.71. The van der Waals surface area contributed by atoms with Crippen LogP contribution in [0.3, 0.4) is 0 Å². The van der Waals surface area contributed by atoms with Crippen molar-refractivity contribution in [3.8, 4) is 0 Å². The summed E-state index contributed by atoms with van der Waals surface area (Å²) in [4.78, 5) is 0. The van der Waals surface area contributed by atoms with Crippen molar-refractivity contribution in [1.82, 2.24) is 5.32 Å². The van der Waals surface area contributed by atoms with Gasteiger partial charge in [0.15, 0.2) is 0 Å². The Kier molecular flexibility index (Phi) is 4.00. The molecule has 0 saturated heterocycles. The maximum atomic E-state index is 12.5. The predicted molar refractivity (Wildman–Crippen MR) is 77.2 cm³/mol. The summed E-state index contributed by atoms with van der Waals surface area (Å²) >= 11 is 0. The van der Waals surface area contributed by atoms with Gasteiger partial charge < -0.3 is 5.32 Å². The molecule has 1 aromatic rings. The normalized spacial score (nSPS) is 28.7. The van der Waals surface area contributed by atoms with Crippen LogP contribution in [0.1, 0.15) is 43.2 Å². The van der Waals surface area contributed by atoms with E-state index in [4.69, 9.17) is 0 Å². The molecule has 2 aliphatic carbocycles. The lowest BCUT2D eigenvalue weighted by Crippen LogP contribution is -2.33. The molecular weight excluding hydrogens is 275 g/mol. The summed E-state index contributed by atoms with van der Waals surface area (Å²) < 4.78 is 37.6. The third kappa shape index (κ3) is 3.10. The van der Waals surface area contributed by atoms with Gasteiger partial charge in [-0.05, 0) is 54.7 Å². The van der Waals surface area contributed by atoms with Crippen molar-refractivity contribution in [2.24, 2.45) is 11.8 Å². The van der Waals surface area contributed by atoms with Crippen LogP contribution >= 0.6 is 0 Å². The van der Waals surface area contributed by atoms with Gasteiger partial charge in [0, 0.05) is 12.5 Å². The third-order valence-electron chi connectivity index (χ3n) is 5.06. The van der Waals surface area contributed by atoms with E-state index in [0.717, 1.165) is 19.4 Å². The fourth-order valence-electron chi connectivity index (χ4n) is 4.18. The van der Waals surface area contributed by atoms with Crippen molar-refractivity contribution in [3.05, 3.63) is 35.4 Å². The first-order valence-electron chi connectivity index (χ1n) is 7.89. The lowest BCUT2D eigenvalue weighted by Gasteiger charge is -2.19. The second-order valence-corrected chi connectivity index (χ2v) is 6.32. The largest absolute Gasteiger partial charge is 0.389 e. The highest BCUT2D eigenvalue weighted by Crippen LogP contribution is 2.61. The Morgan fingerprint density at radius 1 is 1.29 bits per heavy atom. The molecule has 1 nitrogen and oxygen atoms in total. The van der Waals surface area contributed by atoms with E-state index in [2.05, 4.69) is 29.6 Å². The molecule has 0 heterocycles. The van der Waals surface area contributed by atoms with Crippen molar-refractivity contribution in [2.45, 2.75) is 50.7 Å². The zero-order valence-electron chi connectivity index (χ0n) is 12.3. The fraction of sp³-hybridized carbons (Fsp3) is 0.647. The van der Waals surface area contributed by atoms with E-state index in [1.807, 2.05) is 6.92 Å². The second kappa shape index (κ2) is 5.64. The molecule has 0 radical (unpaired) electrons. The first-order chi connectivity index (χ1) is 10.0. The van der Waals surface area contributed by atoms with Crippen LogP contribution in [0, 0.1) is 11.8 Å². The number of hydrogen-bond acceptors (Lipinski definition) is 1. The molecule has 4 unspecified atom stereocenters. The number of aryl methyl sites for hydroxylation is 1.